The van der Waals surface area contributed by atoms with Crippen LogP contribution in [-0.4, -0.2) is 10.5 Å². The molecule has 0 spiro atoms. The smallest absolute Gasteiger partial charge is 0.268 e. The molecule has 0 unspecified atom stereocenters. The SMILES string of the molecule is [N-]=[N+]=C1CCC1. The summed E-state index contributed by atoms with van der Waals surface area (Å²) in [6, 6.07) is 0. The van der Waals surface area contributed by atoms with Crippen molar-refractivity contribution in [3.05, 3.63) is 5.53 Å². The zero-order valence-corrected chi connectivity index (χ0v) is 3.52. The lowest BCUT2D eigenvalue weighted by molar-refractivity contribution is -0.0167. The van der Waals surface area contributed by atoms with E-state index < -0.39 is 0 Å². The molecule has 2 nitrogen and oxygen atoms in total. The fourth-order valence-corrected chi connectivity index (χ4v) is 0.435. The summed E-state index contributed by atoms with van der Waals surface area (Å²) >= 11 is 0. The van der Waals surface area contributed by atoms with Crippen molar-refractivity contribution >= 4 is 5.71 Å². The summed E-state index contributed by atoms with van der Waals surface area (Å²) in [7, 11) is 0. The fraction of sp³-hybridized carbons (Fsp3) is 0.750. The van der Waals surface area contributed by atoms with E-state index in [1.54, 1.807) is 0 Å². The molecule has 0 heterocycles. The summed E-state index contributed by atoms with van der Waals surface area (Å²) in [4.78, 5) is 3.01. The maximum absolute atomic E-state index is 7.97. The molecule has 0 bridgehead atoms. The average molecular weight is 82.1 g/mol. The van der Waals surface area contributed by atoms with E-state index in [4.69, 9.17) is 5.53 Å². The van der Waals surface area contributed by atoms with Gasteiger partial charge in [0.05, 0.1) is 0 Å². The highest BCUT2D eigenvalue weighted by Crippen LogP contribution is 2.10. The van der Waals surface area contributed by atoms with Crippen molar-refractivity contribution in [2.45, 2.75) is 19.3 Å². The third-order valence-electron chi connectivity index (χ3n) is 1.07. The van der Waals surface area contributed by atoms with Gasteiger partial charge in [0, 0.05) is 12.8 Å². The molecule has 0 aromatic heterocycles. The Morgan fingerprint density at radius 1 is 1.50 bits per heavy atom. The average Bonchev–Trinajstić information content (AvgIpc) is 1.31. The number of hydrogen-bond donors (Lipinski definition) is 0. The molecular weight excluding hydrogens is 76.1 g/mol. The third kappa shape index (κ3) is 0.352. The van der Waals surface area contributed by atoms with E-state index in [-0.39, 0.29) is 0 Å². The Balaban J connectivity index is 2.55. The van der Waals surface area contributed by atoms with Gasteiger partial charge in [-0.05, 0) is 6.42 Å². The summed E-state index contributed by atoms with van der Waals surface area (Å²) in [5.74, 6) is 0. The predicted molar refractivity (Wildman–Crippen MR) is 22.5 cm³/mol. The molecule has 0 atom stereocenters. The van der Waals surface area contributed by atoms with Gasteiger partial charge in [-0.3, -0.25) is 0 Å². The molecule has 0 aromatic rings. The summed E-state index contributed by atoms with van der Waals surface area (Å²) in [5.41, 5.74) is 8.93. The van der Waals surface area contributed by atoms with E-state index in [2.05, 4.69) is 4.79 Å². The lowest BCUT2D eigenvalue weighted by Crippen LogP contribution is -2.09. The minimum absolute atomic E-state index is 0.954. The maximum Gasteiger partial charge on any atom is 0.268 e. The molecule has 32 valence electrons. The lowest BCUT2D eigenvalue weighted by atomic mass is 9.98. The van der Waals surface area contributed by atoms with Gasteiger partial charge in [-0.2, -0.15) is 4.79 Å². The van der Waals surface area contributed by atoms with Crippen LogP contribution in [0.5, 0.6) is 0 Å². The van der Waals surface area contributed by atoms with Crippen molar-refractivity contribution in [3.8, 4) is 0 Å². The minimum atomic E-state index is 0.954. The summed E-state index contributed by atoms with van der Waals surface area (Å²) < 4.78 is 0. The number of nitrogens with zero attached hydrogens (tertiary/aromatic N) is 2. The Bertz CT molecular complexity index is 94.1. The summed E-state index contributed by atoms with van der Waals surface area (Å²) in [6.45, 7) is 0. The first-order valence-electron chi connectivity index (χ1n) is 2.13. The van der Waals surface area contributed by atoms with Crippen LogP contribution in [0.1, 0.15) is 19.3 Å². The molecule has 0 aliphatic heterocycles. The first-order valence-corrected chi connectivity index (χ1v) is 2.13. The topological polar surface area (TPSA) is 36.4 Å². The Morgan fingerprint density at radius 2 is 2.17 bits per heavy atom. The summed E-state index contributed by atoms with van der Waals surface area (Å²) in [6.07, 6.45) is 3.23. The van der Waals surface area contributed by atoms with Crippen LogP contribution in [-0.2, 0) is 0 Å². The highest BCUT2D eigenvalue weighted by atomic mass is 14.9. The lowest BCUT2D eigenvalue weighted by Gasteiger charge is -2.00. The van der Waals surface area contributed by atoms with E-state index in [1.165, 1.54) is 6.42 Å². The first-order chi connectivity index (χ1) is 2.93. The van der Waals surface area contributed by atoms with Gasteiger partial charge in [0.25, 0.3) is 5.71 Å². The molecule has 1 saturated carbocycles. The normalized spacial score (nSPS) is 19.0. The van der Waals surface area contributed by atoms with Crippen LogP contribution in [0.4, 0.5) is 0 Å². The maximum atomic E-state index is 7.97. The van der Waals surface area contributed by atoms with Crippen molar-refractivity contribution < 1.29 is 4.79 Å². The van der Waals surface area contributed by atoms with Gasteiger partial charge in [0.1, 0.15) is 0 Å². The molecule has 1 aliphatic carbocycles. The monoisotopic (exact) mass is 82.1 g/mol. The molecule has 2 heteroatoms. The van der Waals surface area contributed by atoms with Crippen LogP contribution in [0.2, 0.25) is 0 Å². The fourth-order valence-electron chi connectivity index (χ4n) is 0.435. The van der Waals surface area contributed by atoms with Gasteiger partial charge in [0.2, 0.25) is 0 Å². The van der Waals surface area contributed by atoms with Crippen LogP contribution in [0.3, 0.4) is 0 Å². The van der Waals surface area contributed by atoms with E-state index in [0.29, 0.717) is 0 Å². The summed E-state index contributed by atoms with van der Waals surface area (Å²) in [5, 5.41) is 0. The molecule has 1 aliphatic rings. The molecule has 1 fully saturated rings. The Labute approximate surface area is 36.4 Å². The van der Waals surface area contributed by atoms with E-state index >= 15 is 0 Å². The first kappa shape index (κ1) is 3.57. The van der Waals surface area contributed by atoms with Crippen LogP contribution < -0.4 is 0 Å². The standard InChI is InChI=1S/C4H6N2/c5-6-4-2-1-3-4/h1-3H2. The molecule has 0 aromatic carbocycles. The van der Waals surface area contributed by atoms with Crippen molar-refractivity contribution in [1.29, 1.82) is 0 Å². The second kappa shape index (κ2) is 1.23. The molecule has 1 rings (SSSR count). The second-order valence-corrected chi connectivity index (χ2v) is 1.52. The molecular formula is C4H6N2. The van der Waals surface area contributed by atoms with Crippen molar-refractivity contribution in [2.24, 2.45) is 0 Å². The Kier molecular flexibility index (Phi) is 0.731. The zero-order chi connectivity index (χ0) is 4.41. The molecule has 0 saturated heterocycles. The molecule has 0 radical (unpaired) electrons. The molecule has 0 N–H and O–H groups in total. The van der Waals surface area contributed by atoms with Gasteiger partial charge in [-0.15, -0.1) is 0 Å². The minimum Gasteiger partial charge on any atom is -0.362 e. The quantitative estimate of drug-likeness (QED) is 0.307. The third-order valence-corrected chi connectivity index (χ3v) is 1.07. The van der Waals surface area contributed by atoms with E-state index in [0.717, 1.165) is 18.6 Å². The van der Waals surface area contributed by atoms with Crippen LogP contribution >= 0.6 is 0 Å². The van der Waals surface area contributed by atoms with Gasteiger partial charge < -0.3 is 5.53 Å². The van der Waals surface area contributed by atoms with Gasteiger partial charge >= 0.3 is 0 Å². The highest BCUT2D eigenvalue weighted by molar-refractivity contribution is 5.83. The van der Waals surface area contributed by atoms with Gasteiger partial charge in [-0.25, -0.2) is 0 Å². The van der Waals surface area contributed by atoms with Gasteiger partial charge in [0.15, 0.2) is 0 Å². The Hall–Kier alpha value is -0.620. The van der Waals surface area contributed by atoms with Gasteiger partial charge in [-0.1, -0.05) is 0 Å². The van der Waals surface area contributed by atoms with Crippen molar-refractivity contribution in [1.82, 2.24) is 0 Å². The van der Waals surface area contributed by atoms with Crippen molar-refractivity contribution in [3.63, 3.8) is 0 Å². The zero-order valence-electron chi connectivity index (χ0n) is 3.52. The van der Waals surface area contributed by atoms with Crippen molar-refractivity contribution in [2.75, 3.05) is 0 Å². The predicted octanol–water partition coefficient (Wildman–Crippen LogP) is 0.841. The number of hydrogen-bond acceptors (Lipinski definition) is 0. The van der Waals surface area contributed by atoms with Crippen LogP contribution in [0.25, 0.3) is 5.53 Å². The Morgan fingerprint density at radius 3 is 2.17 bits per heavy atom. The number of rotatable bonds is 0. The van der Waals surface area contributed by atoms with Crippen LogP contribution in [0, 0.1) is 0 Å². The molecule has 0 amide bonds. The molecule has 6 heavy (non-hydrogen) atoms. The second-order valence-electron chi connectivity index (χ2n) is 1.52. The highest BCUT2D eigenvalue weighted by Gasteiger charge is 2.16. The van der Waals surface area contributed by atoms with E-state index in [9.17, 15) is 0 Å². The van der Waals surface area contributed by atoms with Crippen LogP contribution in [0.15, 0.2) is 0 Å². The largest absolute Gasteiger partial charge is 0.362 e. The van der Waals surface area contributed by atoms with E-state index in [1.807, 2.05) is 0 Å².